The molecule has 28 heavy (non-hydrogen) atoms. The van der Waals surface area contributed by atoms with Gasteiger partial charge in [-0.2, -0.15) is 0 Å². The number of aryl methyl sites for hydroxylation is 1. The Morgan fingerprint density at radius 1 is 1.00 bits per heavy atom. The average molecular weight is 385 g/mol. The van der Waals surface area contributed by atoms with Crippen LogP contribution in [0.1, 0.15) is 23.1 Å². The van der Waals surface area contributed by atoms with E-state index in [0.29, 0.717) is 6.04 Å². The molecule has 0 aliphatic carbocycles. The molecule has 1 aliphatic rings. The molecule has 2 aromatic rings. The van der Waals surface area contributed by atoms with Gasteiger partial charge in [0.2, 0.25) is 0 Å². The first kappa shape index (κ1) is 20.6. The molecule has 1 atom stereocenters. The molecule has 3 rings (SSSR count). The minimum atomic E-state index is 0.218. The zero-order valence-electron chi connectivity index (χ0n) is 17.2. The predicted octanol–water partition coefficient (Wildman–Crippen LogP) is 3.08. The molecular weight excluding hydrogens is 352 g/mol. The molecule has 0 bridgehead atoms. The highest BCUT2D eigenvalue weighted by molar-refractivity contribution is 5.36. The van der Waals surface area contributed by atoms with Crippen LogP contribution in [0.2, 0.25) is 0 Å². The third-order valence-electron chi connectivity index (χ3n) is 5.54. The zero-order valence-corrected chi connectivity index (χ0v) is 17.2. The number of aliphatic hydroxyl groups is 1. The minimum absolute atomic E-state index is 0.218. The minimum Gasteiger partial charge on any atom is -0.497 e. The molecule has 152 valence electrons. The molecule has 1 heterocycles. The fourth-order valence-electron chi connectivity index (χ4n) is 4.03. The van der Waals surface area contributed by atoms with Crippen molar-refractivity contribution in [1.82, 2.24) is 9.80 Å². The molecule has 5 nitrogen and oxygen atoms in total. The Morgan fingerprint density at radius 2 is 1.82 bits per heavy atom. The lowest BCUT2D eigenvalue weighted by atomic mass is 10.0. The normalized spacial score (nSPS) is 18.2. The highest BCUT2D eigenvalue weighted by Gasteiger charge is 2.26. The Labute approximate surface area is 168 Å². The van der Waals surface area contributed by atoms with Gasteiger partial charge in [0.05, 0.1) is 14.2 Å². The van der Waals surface area contributed by atoms with Crippen LogP contribution >= 0.6 is 0 Å². The Kier molecular flexibility index (Phi) is 7.31. The maximum Gasteiger partial charge on any atom is 0.121 e. The van der Waals surface area contributed by atoms with E-state index in [1.165, 1.54) is 11.1 Å². The van der Waals surface area contributed by atoms with Crippen molar-refractivity contribution in [3.8, 4) is 11.5 Å². The van der Waals surface area contributed by atoms with Gasteiger partial charge in [0.25, 0.3) is 0 Å². The molecule has 1 fully saturated rings. The van der Waals surface area contributed by atoms with Gasteiger partial charge in [0, 0.05) is 45.4 Å². The van der Waals surface area contributed by atoms with E-state index in [4.69, 9.17) is 9.47 Å². The number of ether oxygens (including phenoxy) is 2. The third-order valence-corrected chi connectivity index (χ3v) is 5.54. The molecule has 0 saturated carbocycles. The average Bonchev–Trinajstić information content (AvgIpc) is 2.70. The maximum absolute atomic E-state index is 9.58. The van der Waals surface area contributed by atoms with Crippen LogP contribution in [-0.2, 0) is 13.1 Å². The Bertz CT molecular complexity index is 765. The second-order valence-electron chi connectivity index (χ2n) is 7.53. The van der Waals surface area contributed by atoms with Crippen LogP contribution in [0.4, 0.5) is 0 Å². The smallest absolute Gasteiger partial charge is 0.121 e. The molecule has 0 unspecified atom stereocenters. The summed E-state index contributed by atoms with van der Waals surface area (Å²) in [5, 5.41) is 9.58. The SMILES string of the molecule is COc1cccc(CN2CCN(Cc3ccc(OC)c(C)c3)[C@H](CCO)C2)c1. The second-order valence-corrected chi connectivity index (χ2v) is 7.53. The number of benzene rings is 2. The number of piperazine rings is 1. The zero-order chi connectivity index (χ0) is 19.9. The molecule has 0 spiro atoms. The van der Waals surface area contributed by atoms with Crippen LogP contribution in [0.15, 0.2) is 42.5 Å². The van der Waals surface area contributed by atoms with Crippen molar-refractivity contribution in [2.45, 2.75) is 32.5 Å². The van der Waals surface area contributed by atoms with Crippen LogP contribution in [0.25, 0.3) is 0 Å². The number of hydrogen-bond acceptors (Lipinski definition) is 5. The van der Waals surface area contributed by atoms with Crippen LogP contribution in [0, 0.1) is 6.92 Å². The summed E-state index contributed by atoms with van der Waals surface area (Å²) in [6.07, 6.45) is 0.795. The van der Waals surface area contributed by atoms with Crippen LogP contribution < -0.4 is 9.47 Å². The molecule has 0 amide bonds. The van der Waals surface area contributed by atoms with E-state index in [2.05, 4.69) is 41.0 Å². The predicted molar refractivity (Wildman–Crippen MR) is 112 cm³/mol. The van der Waals surface area contributed by atoms with Crippen LogP contribution in [0.5, 0.6) is 11.5 Å². The topological polar surface area (TPSA) is 45.2 Å². The fourth-order valence-corrected chi connectivity index (χ4v) is 4.03. The van der Waals surface area contributed by atoms with E-state index in [1.54, 1.807) is 14.2 Å². The van der Waals surface area contributed by atoms with Gasteiger partial charge in [-0.3, -0.25) is 9.80 Å². The lowest BCUT2D eigenvalue weighted by Gasteiger charge is -2.41. The van der Waals surface area contributed by atoms with E-state index in [0.717, 1.165) is 56.2 Å². The summed E-state index contributed by atoms with van der Waals surface area (Å²) < 4.78 is 10.7. The van der Waals surface area contributed by atoms with Gasteiger partial charge < -0.3 is 14.6 Å². The van der Waals surface area contributed by atoms with Gasteiger partial charge in [0.1, 0.15) is 11.5 Å². The van der Waals surface area contributed by atoms with Gasteiger partial charge in [0.15, 0.2) is 0 Å². The molecular formula is C23H32N2O3. The maximum atomic E-state index is 9.58. The number of aliphatic hydroxyl groups excluding tert-OH is 1. The van der Waals surface area contributed by atoms with E-state index in [9.17, 15) is 5.11 Å². The van der Waals surface area contributed by atoms with Crippen molar-refractivity contribution >= 4 is 0 Å². The number of nitrogens with zero attached hydrogens (tertiary/aromatic N) is 2. The van der Waals surface area contributed by atoms with E-state index < -0.39 is 0 Å². The van der Waals surface area contributed by atoms with E-state index >= 15 is 0 Å². The first-order chi connectivity index (χ1) is 13.6. The number of hydrogen-bond donors (Lipinski definition) is 1. The summed E-state index contributed by atoms with van der Waals surface area (Å²) in [6.45, 7) is 7.10. The molecule has 1 N–H and O–H groups in total. The van der Waals surface area contributed by atoms with Crippen LogP contribution in [0.3, 0.4) is 0 Å². The van der Waals surface area contributed by atoms with Crippen molar-refractivity contribution in [1.29, 1.82) is 0 Å². The van der Waals surface area contributed by atoms with Gasteiger partial charge >= 0.3 is 0 Å². The lowest BCUT2D eigenvalue weighted by molar-refractivity contribution is 0.0499. The molecule has 5 heteroatoms. The highest BCUT2D eigenvalue weighted by atomic mass is 16.5. The molecule has 2 aromatic carbocycles. The summed E-state index contributed by atoms with van der Waals surface area (Å²) in [4.78, 5) is 4.98. The van der Waals surface area contributed by atoms with E-state index in [1.807, 2.05) is 18.2 Å². The fraction of sp³-hybridized carbons (Fsp3) is 0.478. The summed E-state index contributed by atoms with van der Waals surface area (Å²) in [5.74, 6) is 1.83. The Balaban J connectivity index is 1.64. The first-order valence-electron chi connectivity index (χ1n) is 9.96. The van der Waals surface area contributed by atoms with Crippen LogP contribution in [-0.4, -0.2) is 61.4 Å². The van der Waals surface area contributed by atoms with Crippen molar-refractivity contribution < 1.29 is 14.6 Å². The van der Waals surface area contributed by atoms with Crippen molar-refractivity contribution in [2.75, 3.05) is 40.5 Å². The number of methoxy groups -OCH3 is 2. The van der Waals surface area contributed by atoms with Crippen molar-refractivity contribution in [3.05, 3.63) is 59.2 Å². The summed E-state index contributed by atoms with van der Waals surface area (Å²) in [7, 11) is 3.41. The van der Waals surface area contributed by atoms with Gasteiger partial charge in [-0.25, -0.2) is 0 Å². The first-order valence-corrected chi connectivity index (χ1v) is 9.96. The quantitative estimate of drug-likeness (QED) is 0.758. The van der Waals surface area contributed by atoms with Crippen molar-refractivity contribution in [2.24, 2.45) is 0 Å². The molecule has 1 saturated heterocycles. The number of rotatable bonds is 8. The lowest BCUT2D eigenvalue weighted by Crippen LogP contribution is -2.52. The van der Waals surface area contributed by atoms with Crippen molar-refractivity contribution in [3.63, 3.8) is 0 Å². The molecule has 0 aromatic heterocycles. The third kappa shape index (κ3) is 5.25. The van der Waals surface area contributed by atoms with Gasteiger partial charge in [-0.05, 0) is 48.2 Å². The molecule has 0 radical (unpaired) electrons. The summed E-state index contributed by atoms with van der Waals surface area (Å²) in [6, 6.07) is 15.0. The summed E-state index contributed by atoms with van der Waals surface area (Å²) in [5.41, 5.74) is 3.72. The van der Waals surface area contributed by atoms with Gasteiger partial charge in [-0.15, -0.1) is 0 Å². The standard InChI is InChI=1S/C23H32N2O3/c1-18-13-20(7-8-23(18)28-3)16-25-11-10-24(17-21(25)9-12-26)15-19-5-4-6-22(14-19)27-2/h4-8,13-14,21,26H,9-12,15-17H2,1-3H3/t21-/m1/s1. The highest BCUT2D eigenvalue weighted by Crippen LogP contribution is 2.23. The Hall–Kier alpha value is -2.08. The summed E-state index contributed by atoms with van der Waals surface area (Å²) >= 11 is 0. The monoisotopic (exact) mass is 384 g/mol. The Morgan fingerprint density at radius 3 is 2.54 bits per heavy atom. The van der Waals surface area contributed by atoms with E-state index in [-0.39, 0.29) is 6.61 Å². The largest absolute Gasteiger partial charge is 0.497 e. The second kappa shape index (κ2) is 9.92. The molecule has 1 aliphatic heterocycles. The van der Waals surface area contributed by atoms with Gasteiger partial charge in [-0.1, -0.05) is 24.3 Å².